The number of nitrogens with one attached hydrogen (secondary N) is 1. The van der Waals surface area contributed by atoms with Crippen LogP contribution in [0.3, 0.4) is 0 Å². The van der Waals surface area contributed by atoms with Crippen molar-refractivity contribution >= 4 is 17.6 Å². The Labute approximate surface area is 166 Å². The number of carbonyl (C=O) groups is 1. The third-order valence-corrected chi connectivity index (χ3v) is 4.07. The molecule has 0 aliphatic carbocycles. The first-order chi connectivity index (χ1) is 14.0. The summed E-state index contributed by atoms with van der Waals surface area (Å²) in [4.78, 5) is 20.5. The van der Waals surface area contributed by atoms with E-state index in [1.54, 1.807) is 0 Å². The maximum Gasteiger partial charge on any atom is 0.287 e. The summed E-state index contributed by atoms with van der Waals surface area (Å²) in [7, 11) is 0. The summed E-state index contributed by atoms with van der Waals surface area (Å²) in [6, 6.07) is 8.19. The van der Waals surface area contributed by atoms with Gasteiger partial charge in [-0.2, -0.15) is 5.26 Å². The molecule has 0 fully saturated rings. The van der Waals surface area contributed by atoms with Crippen LogP contribution in [0.25, 0.3) is 0 Å². The topological polar surface area (TPSA) is 123 Å². The van der Waals surface area contributed by atoms with Gasteiger partial charge < -0.3 is 20.5 Å². The zero-order valence-electron chi connectivity index (χ0n) is 15.4. The molecule has 0 unspecified atom stereocenters. The average molecular weight is 395 g/mol. The normalized spacial score (nSPS) is 18.8. The minimum Gasteiger partial charge on any atom is -0.429 e. The van der Waals surface area contributed by atoms with E-state index in [9.17, 15) is 9.18 Å². The number of nitrogens with zero attached hydrogens (tertiary/aromatic N) is 3. The zero-order valence-corrected chi connectivity index (χ0v) is 15.4. The van der Waals surface area contributed by atoms with Crippen molar-refractivity contribution in [1.82, 2.24) is 4.98 Å². The van der Waals surface area contributed by atoms with E-state index in [0.717, 1.165) is 0 Å². The highest BCUT2D eigenvalue weighted by molar-refractivity contribution is 6.02. The molecule has 2 aromatic rings. The van der Waals surface area contributed by atoms with Gasteiger partial charge in [0.1, 0.15) is 29.9 Å². The monoisotopic (exact) mass is 395 g/mol. The van der Waals surface area contributed by atoms with Gasteiger partial charge >= 0.3 is 0 Å². The fraction of sp³-hybridized carbons (Fsp3) is 0.200. The van der Waals surface area contributed by atoms with Gasteiger partial charge in [0, 0.05) is 24.1 Å². The molecular weight excluding hydrogens is 377 g/mol. The first-order valence-electron chi connectivity index (χ1n) is 8.70. The highest BCUT2D eigenvalue weighted by atomic mass is 19.1. The molecule has 3 rings (SSSR count). The van der Waals surface area contributed by atoms with E-state index in [1.165, 1.54) is 36.5 Å². The number of nitriles is 1. The first-order valence-corrected chi connectivity index (χ1v) is 8.70. The van der Waals surface area contributed by atoms with Crippen LogP contribution in [0.1, 0.15) is 34.1 Å². The van der Waals surface area contributed by atoms with E-state index in [2.05, 4.69) is 21.9 Å². The molecule has 29 heavy (non-hydrogen) atoms. The molecule has 0 saturated heterocycles. The number of nitrogens with two attached hydrogens (primary N) is 1. The van der Waals surface area contributed by atoms with Gasteiger partial charge in [0.2, 0.25) is 0 Å². The molecule has 9 heteroatoms. The molecule has 1 aromatic carbocycles. The van der Waals surface area contributed by atoms with Crippen molar-refractivity contribution < 1.29 is 18.7 Å². The minimum absolute atomic E-state index is 0.125. The van der Waals surface area contributed by atoms with Gasteiger partial charge in [-0.25, -0.2) is 14.4 Å². The lowest BCUT2D eigenvalue weighted by Crippen LogP contribution is -2.18. The molecule has 0 radical (unpaired) electrons. The number of rotatable bonds is 3. The fourth-order valence-electron chi connectivity index (χ4n) is 2.69. The SMILES string of the molecule is C=C1COCC[C@H](c2cc(NC(=O)c3ccc(C#N)cn3)ccc2F)/N=C(/N)O1. The van der Waals surface area contributed by atoms with Gasteiger partial charge in [-0.05, 0) is 36.8 Å². The largest absolute Gasteiger partial charge is 0.429 e. The van der Waals surface area contributed by atoms with Gasteiger partial charge in [0.25, 0.3) is 11.9 Å². The van der Waals surface area contributed by atoms with Crippen molar-refractivity contribution in [2.24, 2.45) is 10.7 Å². The van der Waals surface area contributed by atoms with Crippen LogP contribution in [0.5, 0.6) is 0 Å². The van der Waals surface area contributed by atoms with Gasteiger partial charge in [-0.3, -0.25) is 4.79 Å². The molecule has 3 N–H and O–H groups in total. The molecule has 0 saturated carbocycles. The summed E-state index contributed by atoms with van der Waals surface area (Å²) in [6.45, 7) is 4.12. The molecule has 2 heterocycles. The lowest BCUT2D eigenvalue weighted by atomic mass is 10.0. The summed E-state index contributed by atoms with van der Waals surface area (Å²) in [5.41, 5.74) is 6.81. The summed E-state index contributed by atoms with van der Waals surface area (Å²) >= 11 is 0. The van der Waals surface area contributed by atoms with Crippen LogP contribution < -0.4 is 11.1 Å². The number of benzene rings is 1. The molecular formula is C20H18FN5O3. The number of amides is 1. The molecule has 1 aromatic heterocycles. The number of carbonyl (C=O) groups excluding carboxylic acids is 1. The molecule has 1 atom stereocenters. The van der Waals surface area contributed by atoms with Crippen LogP contribution in [-0.4, -0.2) is 30.1 Å². The number of ether oxygens (including phenoxy) is 2. The third kappa shape index (κ3) is 5.15. The number of hydrogen-bond donors (Lipinski definition) is 2. The Balaban J connectivity index is 1.83. The fourth-order valence-corrected chi connectivity index (χ4v) is 2.69. The van der Waals surface area contributed by atoms with Crippen molar-refractivity contribution in [2.75, 3.05) is 18.5 Å². The second kappa shape index (κ2) is 8.95. The summed E-state index contributed by atoms with van der Waals surface area (Å²) in [6.07, 6.45) is 1.66. The average Bonchev–Trinajstić information content (AvgIpc) is 2.79. The molecule has 8 nitrogen and oxygen atoms in total. The molecule has 1 aliphatic heterocycles. The van der Waals surface area contributed by atoms with Crippen LogP contribution in [0.4, 0.5) is 10.1 Å². The third-order valence-electron chi connectivity index (χ3n) is 4.07. The molecule has 1 amide bonds. The summed E-state index contributed by atoms with van der Waals surface area (Å²) < 4.78 is 25.1. The van der Waals surface area contributed by atoms with Crippen LogP contribution >= 0.6 is 0 Å². The number of amidine groups is 1. The highest BCUT2D eigenvalue weighted by Gasteiger charge is 2.19. The number of aliphatic imine (C=N–C) groups is 1. The Morgan fingerprint density at radius 2 is 2.21 bits per heavy atom. The number of hydrogen-bond acceptors (Lipinski definition) is 7. The number of halogens is 1. The Morgan fingerprint density at radius 1 is 1.38 bits per heavy atom. The van der Waals surface area contributed by atoms with E-state index in [1.807, 2.05) is 6.07 Å². The Morgan fingerprint density at radius 3 is 2.93 bits per heavy atom. The summed E-state index contributed by atoms with van der Waals surface area (Å²) in [5.74, 6) is -0.685. The predicted molar refractivity (Wildman–Crippen MR) is 103 cm³/mol. The van der Waals surface area contributed by atoms with E-state index < -0.39 is 17.8 Å². The second-order valence-corrected chi connectivity index (χ2v) is 6.20. The van der Waals surface area contributed by atoms with Gasteiger partial charge in [0.15, 0.2) is 0 Å². The Kier molecular flexibility index (Phi) is 6.16. The van der Waals surface area contributed by atoms with E-state index in [4.69, 9.17) is 20.5 Å². The van der Waals surface area contributed by atoms with Crippen LogP contribution in [-0.2, 0) is 9.47 Å². The molecule has 148 valence electrons. The van der Waals surface area contributed by atoms with Crippen molar-refractivity contribution in [3.8, 4) is 6.07 Å². The Bertz CT molecular complexity index is 998. The van der Waals surface area contributed by atoms with Crippen molar-refractivity contribution in [3.63, 3.8) is 0 Å². The summed E-state index contributed by atoms with van der Waals surface area (Å²) in [5, 5.41) is 11.5. The maximum atomic E-state index is 14.5. The van der Waals surface area contributed by atoms with E-state index >= 15 is 0 Å². The number of pyridine rings is 1. The van der Waals surface area contributed by atoms with E-state index in [-0.39, 0.29) is 23.9 Å². The molecule has 0 bridgehead atoms. The van der Waals surface area contributed by atoms with Gasteiger partial charge in [-0.15, -0.1) is 0 Å². The smallest absolute Gasteiger partial charge is 0.287 e. The molecule has 1 aliphatic rings. The first kappa shape index (κ1) is 20.0. The highest BCUT2D eigenvalue weighted by Crippen LogP contribution is 2.28. The van der Waals surface area contributed by atoms with Crippen LogP contribution in [0, 0.1) is 17.1 Å². The second-order valence-electron chi connectivity index (χ2n) is 6.20. The maximum absolute atomic E-state index is 14.5. The lowest BCUT2D eigenvalue weighted by Gasteiger charge is -2.15. The van der Waals surface area contributed by atoms with Crippen LogP contribution in [0.15, 0.2) is 53.9 Å². The van der Waals surface area contributed by atoms with Crippen molar-refractivity contribution in [1.29, 1.82) is 5.26 Å². The van der Waals surface area contributed by atoms with Gasteiger partial charge in [-0.1, -0.05) is 6.58 Å². The standard InChI is InChI=1S/C20H18FN5O3/c1-12-11-28-7-6-17(26-20(23)29-12)15-8-14(3-4-16(15)21)25-19(27)18-5-2-13(9-22)10-24-18/h2-5,8,10,17H,1,6-7,11H2,(H2,23,26)(H,25,27)/t17-/m1/s1. The Hall–Kier alpha value is -3.77. The van der Waals surface area contributed by atoms with Crippen LogP contribution in [0.2, 0.25) is 0 Å². The quantitative estimate of drug-likeness (QED) is 0.824. The zero-order chi connectivity index (χ0) is 20.8. The minimum atomic E-state index is -0.661. The lowest BCUT2D eigenvalue weighted by molar-refractivity contribution is 0.102. The van der Waals surface area contributed by atoms with E-state index in [0.29, 0.717) is 30.0 Å². The van der Waals surface area contributed by atoms with Crippen molar-refractivity contribution in [3.05, 3.63) is 71.5 Å². The van der Waals surface area contributed by atoms with Crippen molar-refractivity contribution in [2.45, 2.75) is 12.5 Å². The molecule has 0 spiro atoms. The number of anilines is 1. The van der Waals surface area contributed by atoms with Gasteiger partial charge in [0.05, 0.1) is 11.6 Å². The predicted octanol–water partition coefficient (Wildman–Crippen LogP) is 2.65. The number of aromatic nitrogens is 1.